The fourth-order valence-corrected chi connectivity index (χ4v) is 2.89. The smallest absolute Gasteiger partial charge is 0.0492 e. The van der Waals surface area contributed by atoms with Gasteiger partial charge in [-0.05, 0) is 31.2 Å². The van der Waals surface area contributed by atoms with E-state index in [2.05, 4.69) is 16.6 Å². The highest BCUT2D eigenvalue weighted by molar-refractivity contribution is 5.00. The first-order chi connectivity index (χ1) is 8.29. The third-order valence-electron chi connectivity index (χ3n) is 4.00. The van der Waals surface area contributed by atoms with Gasteiger partial charge in [-0.2, -0.15) is 5.10 Å². The number of nitrogens with zero attached hydrogens (tertiary/aromatic N) is 2. The van der Waals surface area contributed by atoms with E-state index >= 15 is 0 Å². The highest BCUT2D eigenvalue weighted by Gasteiger charge is 2.19. The second kappa shape index (κ2) is 6.17. The minimum atomic E-state index is 0.452. The van der Waals surface area contributed by atoms with E-state index in [1.807, 2.05) is 17.9 Å². The normalized spacial score (nSPS) is 18.7. The number of aryl methyl sites for hydroxylation is 2. The maximum atomic E-state index is 5.66. The topological polar surface area (TPSA) is 55.9 Å². The SMILES string of the molecule is Cn1nccc1CCC(CC1CCCC1)NN. The lowest BCUT2D eigenvalue weighted by Gasteiger charge is -2.19. The van der Waals surface area contributed by atoms with E-state index < -0.39 is 0 Å². The van der Waals surface area contributed by atoms with E-state index in [9.17, 15) is 0 Å². The van der Waals surface area contributed by atoms with Crippen molar-refractivity contribution in [3.8, 4) is 0 Å². The quantitative estimate of drug-likeness (QED) is 0.584. The van der Waals surface area contributed by atoms with Gasteiger partial charge in [0.15, 0.2) is 0 Å². The summed E-state index contributed by atoms with van der Waals surface area (Å²) in [6.45, 7) is 0. The summed E-state index contributed by atoms with van der Waals surface area (Å²) in [5, 5.41) is 4.19. The van der Waals surface area contributed by atoms with E-state index in [0.717, 1.165) is 18.8 Å². The Morgan fingerprint density at radius 2 is 2.29 bits per heavy atom. The third-order valence-corrected chi connectivity index (χ3v) is 4.00. The standard InChI is InChI=1S/C13H24N4/c1-17-13(8-9-15-17)7-6-12(16-14)10-11-4-2-3-5-11/h8-9,11-12,16H,2-7,10,14H2,1H3. The predicted molar refractivity (Wildman–Crippen MR) is 69.2 cm³/mol. The molecule has 2 rings (SSSR count). The lowest BCUT2D eigenvalue weighted by Crippen LogP contribution is -2.36. The zero-order chi connectivity index (χ0) is 12.1. The van der Waals surface area contributed by atoms with E-state index in [1.165, 1.54) is 37.8 Å². The second-order valence-corrected chi connectivity index (χ2v) is 5.23. The minimum Gasteiger partial charge on any atom is -0.273 e. The Balaban J connectivity index is 1.77. The summed E-state index contributed by atoms with van der Waals surface area (Å²) < 4.78 is 1.95. The highest BCUT2D eigenvalue weighted by Crippen LogP contribution is 2.29. The van der Waals surface area contributed by atoms with Crippen LogP contribution in [0.3, 0.4) is 0 Å². The maximum absolute atomic E-state index is 5.66. The zero-order valence-electron chi connectivity index (χ0n) is 10.7. The first kappa shape index (κ1) is 12.6. The molecule has 1 fully saturated rings. The van der Waals surface area contributed by atoms with Crippen LogP contribution >= 0.6 is 0 Å². The molecule has 0 radical (unpaired) electrons. The van der Waals surface area contributed by atoms with Gasteiger partial charge in [-0.15, -0.1) is 0 Å². The molecule has 17 heavy (non-hydrogen) atoms. The summed E-state index contributed by atoms with van der Waals surface area (Å²) in [7, 11) is 2.00. The van der Waals surface area contributed by atoms with Crippen molar-refractivity contribution in [3.63, 3.8) is 0 Å². The number of hydrogen-bond donors (Lipinski definition) is 2. The Hall–Kier alpha value is -0.870. The number of nitrogens with one attached hydrogen (secondary N) is 1. The number of hydrogen-bond acceptors (Lipinski definition) is 3. The van der Waals surface area contributed by atoms with Crippen LogP contribution in [0, 0.1) is 5.92 Å². The van der Waals surface area contributed by atoms with Gasteiger partial charge in [0, 0.05) is 25.0 Å². The molecule has 0 saturated heterocycles. The summed E-state index contributed by atoms with van der Waals surface area (Å²) in [6, 6.07) is 2.54. The molecule has 1 aromatic rings. The van der Waals surface area contributed by atoms with Crippen molar-refractivity contribution < 1.29 is 0 Å². The minimum absolute atomic E-state index is 0.452. The van der Waals surface area contributed by atoms with E-state index in [-0.39, 0.29) is 0 Å². The summed E-state index contributed by atoms with van der Waals surface area (Å²) in [4.78, 5) is 0. The molecule has 1 unspecified atom stereocenters. The molecule has 0 aromatic carbocycles. The molecule has 1 aromatic heterocycles. The van der Waals surface area contributed by atoms with Crippen molar-refractivity contribution in [2.24, 2.45) is 18.8 Å². The Morgan fingerprint density at radius 1 is 1.53 bits per heavy atom. The fourth-order valence-electron chi connectivity index (χ4n) is 2.89. The van der Waals surface area contributed by atoms with Crippen LogP contribution in [-0.2, 0) is 13.5 Å². The Morgan fingerprint density at radius 3 is 2.88 bits per heavy atom. The molecule has 1 atom stereocenters. The van der Waals surface area contributed by atoms with Crippen LogP contribution in [0.2, 0.25) is 0 Å². The van der Waals surface area contributed by atoms with Gasteiger partial charge in [-0.25, -0.2) is 0 Å². The lowest BCUT2D eigenvalue weighted by molar-refractivity contribution is 0.373. The molecule has 0 bridgehead atoms. The first-order valence-electron chi connectivity index (χ1n) is 6.72. The summed E-state index contributed by atoms with van der Waals surface area (Å²) in [5.41, 5.74) is 4.27. The summed E-state index contributed by atoms with van der Waals surface area (Å²) in [5.74, 6) is 6.55. The fraction of sp³-hybridized carbons (Fsp3) is 0.769. The predicted octanol–water partition coefficient (Wildman–Crippen LogP) is 1.76. The average Bonchev–Trinajstić information content (AvgIpc) is 2.96. The molecular formula is C13H24N4. The van der Waals surface area contributed by atoms with Gasteiger partial charge >= 0.3 is 0 Å². The largest absolute Gasteiger partial charge is 0.273 e. The molecule has 96 valence electrons. The van der Waals surface area contributed by atoms with Crippen LogP contribution < -0.4 is 11.3 Å². The van der Waals surface area contributed by atoms with Crippen molar-refractivity contribution in [1.82, 2.24) is 15.2 Å². The van der Waals surface area contributed by atoms with Gasteiger partial charge in [0.1, 0.15) is 0 Å². The van der Waals surface area contributed by atoms with Gasteiger partial charge in [0.2, 0.25) is 0 Å². The monoisotopic (exact) mass is 236 g/mol. The van der Waals surface area contributed by atoms with Gasteiger partial charge in [0.25, 0.3) is 0 Å². The molecule has 0 amide bonds. The molecule has 0 aliphatic heterocycles. The van der Waals surface area contributed by atoms with E-state index in [1.54, 1.807) is 0 Å². The van der Waals surface area contributed by atoms with Crippen LogP contribution in [0.25, 0.3) is 0 Å². The van der Waals surface area contributed by atoms with Gasteiger partial charge in [0.05, 0.1) is 0 Å². The summed E-state index contributed by atoms with van der Waals surface area (Å²) in [6.07, 6.45) is 10.8. The Bertz CT molecular complexity index is 328. The molecule has 1 heterocycles. The van der Waals surface area contributed by atoms with Crippen molar-refractivity contribution >= 4 is 0 Å². The number of rotatable bonds is 6. The Labute approximate surface area is 104 Å². The van der Waals surface area contributed by atoms with Crippen molar-refractivity contribution in [3.05, 3.63) is 18.0 Å². The number of aromatic nitrogens is 2. The maximum Gasteiger partial charge on any atom is 0.0492 e. The van der Waals surface area contributed by atoms with Crippen LogP contribution in [0.1, 0.15) is 44.2 Å². The first-order valence-corrected chi connectivity index (χ1v) is 6.72. The van der Waals surface area contributed by atoms with Crippen LogP contribution in [-0.4, -0.2) is 15.8 Å². The molecule has 3 N–H and O–H groups in total. The molecule has 4 heteroatoms. The van der Waals surface area contributed by atoms with Gasteiger partial charge in [-0.3, -0.25) is 16.0 Å². The summed E-state index contributed by atoms with van der Waals surface area (Å²) >= 11 is 0. The van der Waals surface area contributed by atoms with Crippen molar-refractivity contribution in [2.45, 2.75) is 51.0 Å². The van der Waals surface area contributed by atoms with E-state index in [0.29, 0.717) is 6.04 Å². The van der Waals surface area contributed by atoms with Crippen LogP contribution in [0.15, 0.2) is 12.3 Å². The van der Waals surface area contributed by atoms with Crippen molar-refractivity contribution in [2.75, 3.05) is 0 Å². The number of nitrogens with two attached hydrogens (primary N) is 1. The molecule has 1 aliphatic carbocycles. The highest BCUT2D eigenvalue weighted by atomic mass is 15.3. The van der Waals surface area contributed by atoms with Crippen LogP contribution in [0.5, 0.6) is 0 Å². The van der Waals surface area contributed by atoms with Crippen molar-refractivity contribution in [1.29, 1.82) is 0 Å². The van der Waals surface area contributed by atoms with Gasteiger partial charge < -0.3 is 0 Å². The molecule has 4 nitrogen and oxygen atoms in total. The second-order valence-electron chi connectivity index (χ2n) is 5.23. The molecule has 1 saturated carbocycles. The average molecular weight is 236 g/mol. The number of hydrazine groups is 1. The molecule has 1 aliphatic rings. The molecular weight excluding hydrogens is 212 g/mol. The third kappa shape index (κ3) is 3.54. The molecule has 0 spiro atoms. The lowest BCUT2D eigenvalue weighted by atomic mass is 9.95. The Kier molecular flexibility index (Phi) is 4.57. The zero-order valence-corrected chi connectivity index (χ0v) is 10.7. The van der Waals surface area contributed by atoms with Gasteiger partial charge in [-0.1, -0.05) is 25.7 Å². The van der Waals surface area contributed by atoms with E-state index in [4.69, 9.17) is 5.84 Å². The van der Waals surface area contributed by atoms with Crippen LogP contribution in [0.4, 0.5) is 0 Å².